The van der Waals surface area contributed by atoms with Crippen molar-refractivity contribution >= 4 is 12.0 Å². The van der Waals surface area contributed by atoms with Crippen LogP contribution in [0, 0.1) is 11.3 Å². The summed E-state index contributed by atoms with van der Waals surface area (Å²) in [5.74, 6) is -0.535. The molecule has 0 radical (unpaired) electrons. The van der Waals surface area contributed by atoms with Crippen LogP contribution >= 0.6 is 0 Å². The second-order valence-electron chi connectivity index (χ2n) is 6.29. The van der Waals surface area contributed by atoms with Crippen molar-refractivity contribution in [1.29, 1.82) is 0 Å². The molecular weight excluding hydrogens is 232 g/mol. The number of carbonyl (C=O) groups is 2. The van der Waals surface area contributed by atoms with E-state index in [1.54, 1.807) is 20.8 Å². The van der Waals surface area contributed by atoms with Crippen molar-refractivity contribution in [2.24, 2.45) is 11.3 Å². The zero-order valence-electron chi connectivity index (χ0n) is 12.2. The van der Waals surface area contributed by atoms with Gasteiger partial charge in [-0.15, -0.1) is 0 Å². The molecular formula is C13H26N2O3. The SMILES string of the molecule is CC(C)CC(C)NC(=O)NC(C(=O)O)C(C)(C)C. The van der Waals surface area contributed by atoms with E-state index < -0.39 is 23.5 Å². The summed E-state index contributed by atoms with van der Waals surface area (Å²) in [5, 5.41) is 14.4. The van der Waals surface area contributed by atoms with Crippen LogP contribution in [0.1, 0.15) is 48.0 Å². The van der Waals surface area contributed by atoms with E-state index in [9.17, 15) is 9.59 Å². The van der Waals surface area contributed by atoms with E-state index in [1.807, 2.05) is 6.92 Å². The fraction of sp³-hybridized carbons (Fsp3) is 0.846. The van der Waals surface area contributed by atoms with Gasteiger partial charge >= 0.3 is 12.0 Å². The van der Waals surface area contributed by atoms with Crippen molar-refractivity contribution in [2.75, 3.05) is 0 Å². The Kier molecular flexibility index (Phi) is 6.15. The van der Waals surface area contributed by atoms with Crippen LogP contribution in [0.25, 0.3) is 0 Å². The molecule has 106 valence electrons. The second kappa shape index (κ2) is 6.61. The van der Waals surface area contributed by atoms with Gasteiger partial charge in [0.05, 0.1) is 0 Å². The van der Waals surface area contributed by atoms with E-state index in [0.29, 0.717) is 5.92 Å². The van der Waals surface area contributed by atoms with E-state index in [0.717, 1.165) is 6.42 Å². The molecule has 18 heavy (non-hydrogen) atoms. The van der Waals surface area contributed by atoms with E-state index in [1.165, 1.54) is 0 Å². The highest BCUT2D eigenvalue weighted by atomic mass is 16.4. The molecule has 0 aromatic rings. The number of hydrogen-bond acceptors (Lipinski definition) is 2. The number of carboxylic acids is 1. The Morgan fingerprint density at radius 1 is 1.11 bits per heavy atom. The Morgan fingerprint density at radius 3 is 1.94 bits per heavy atom. The summed E-state index contributed by atoms with van der Waals surface area (Å²) >= 11 is 0. The third-order valence-corrected chi connectivity index (χ3v) is 2.59. The lowest BCUT2D eigenvalue weighted by Crippen LogP contribution is -2.53. The summed E-state index contributed by atoms with van der Waals surface area (Å²) in [4.78, 5) is 22.8. The van der Waals surface area contributed by atoms with Gasteiger partial charge in [-0.05, 0) is 24.7 Å². The molecule has 0 bridgehead atoms. The number of aliphatic carboxylic acids is 1. The lowest BCUT2D eigenvalue weighted by molar-refractivity contribution is -0.141. The van der Waals surface area contributed by atoms with Crippen LogP contribution in [0.2, 0.25) is 0 Å². The minimum Gasteiger partial charge on any atom is -0.480 e. The fourth-order valence-corrected chi connectivity index (χ4v) is 1.81. The van der Waals surface area contributed by atoms with Gasteiger partial charge < -0.3 is 15.7 Å². The fourth-order valence-electron chi connectivity index (χ4n) is 1.81. The molecule has 5 nitrogen and oxygen atoms in total. The molecule has 0 aliphatic carbocycles. The van der Waals surface area contributed by atoms with E-state index in [2.05, 4.69) is 24.5 Å². The van der Waals surface area contributed by atoms with Gasteiger partial charge in [0.2, 0.25) is 0 Å². The van der Waals surface area contributed by atoms with Crippen LogP contribution in [0.4, 0.5) is 4.79 Å². The first-order valence-electron chi connectivity index (χ1n) is 6.34. The van der Waals surface area contributed by atoms with E-state index >= 15 is 0 Å². The molecule has 0 saturated heterocycles. The molecule has 0 aliphatic rings. The summed E-state index contributed by atoms with van der Waals surface area (Å²) in [6, 6.07) is -1.30. The summed E-state index contributed by atoms with van der Waals surface area (Å²) in [6.07, 6.45) is 0.862. The lowest BCUT2D eigenvalue weighted by Gasteiger charge is -2.28. The smallest absolute Gasteiger partial charge is 0.326 e. The lowest BCUT2D eigenvalue weighted by atomic mass is 9.87. The number of hydrogen-bond donors (Lipinski definition) is 3. The molecule has 0 fully saturated rings. The number of amides is 2. The monoisotopic (exact) mass is 258 g/mol. The molecule has 5 heteroatoms. The van der Waals surface area contributed by atoms with Crippen molar-refractivity contribution in [3.63, 3.8) is 0 Å². The summed E-state index contributed by atoms with van der Waals surface area (Å²) in [5.41, 5.74) is -0.523. The molecule has 2 atom stereocenters. The molecule has 0 saturated carbocycles. The Labute approximate surface area is 109 Å². The summed E-state index contributed by atoms with van der Waals surface area (Å²) < 4.78 is 0. The molecule has 0 rings (SSSR count). The van der Waals surface area contributed by atoms with Crippen LogP contribution in [0.3, 0.4) is 0 Å². The Hall–Kier alpha value is -1.26. The maximum Gasteiger partial charge on any atom is 0.326 e. The normalized spacial score (nSPS) is 15.1. The third-order valence-electron chi connectivity index (χ3n) is 2.59. The molecule has 0 heterocycles. The summed E-state index contributed by atoms with van der Waals surface area (Å²) in [7, 11) is 0. The van der Waals surface area contributed by atoms with Gasteiger partial charge in [0.25, 0.3) is 0 Å². The maximum absolute atomic E-state index is 11.7. The van der Waals surface area contributed by atoms with Crippen LogP contribution in [-0.2, 0) is 4.79 Å². The highest BCUT2D eigenvalue weighted by Gasteiger charge is 2.32. The van der Waals surface area contributed by atoms with Gasteiger partial charge in [0.15, 0.2) is 0 Å². The maximum atomic E-state index is 11.7. The molecule has 3 N–H and O–H groups in total. The predicted octanol–water partition coefficient (Wildman–Crippen LogP) is 2.22. The molecule has 2 unspecified atom stereocenters. The summed E-state index contributed by atoms with van der Waals surface area (Å²) in [6.45, 7) is 11.4. The van der Waals surface area contributed by atoms with Gasteiger partial charge in [0, 0.05) is 6.04 Å². The Bertz CT molecular complexity index is 295. The van der Waals surface area contributed by atoms with Gasteiger partial charge in [-0.3, -0.25) is 0 Å². The van der Waals surface area contributed by atoms with Crippen LogP contribution in [0.5, 0.6) is 0 Å². The van der Waals surface area contributed by atoms with Gasteiger partial charge in [-0.2, -0.15) is 0 Å². The Balaban J connectivity index is 4.41. The van der Waals surface area contributed by atoms with Crippen molar-refractivity contribution < 1.29 is 14.7 Å². The number of carboxylic acid groups (broad SMARTS) is 1. The number of rotatable bonds is 5. The number of nitrogens with one attached hydrogen (secondary N) is 2. The molecule has 0 aromatic heterocycles. The van der Waals surface area contributed by atoms with E-state index in [4.69, 9.17) is 5.11 Å². The molecule has 0 spiro atoms. The molecule has 0 aliphatic heterocycles. The molecule has 0 aromatic carbocycles. The largest absolute Gasteiger partial charge is 0.480 e. The number of urea groups is 1. The van der Waals surface area contributed by atoms with Crippen molar-refractivity contribution in [3.8, 4) is 0 Å². The first kappa shape index (κ1) is 16.7. The van der Waals surface area contributed by atoms with Gasteiger partial charge in [0.1, 0.15) is 6.04 Å². The van der Waals surface area contributed by atoms with Gasteiger partial charge in [-0.25, -0.2) is 9.59 Å². The third kappa shape index (κ3) is 6.47. The van der Waals surface area contributed by atoms with Crippen molar-refractivity contribution in [2.45, 2.75) is 60.0 Å². The van der Waals surface area contributed by atoms with Crippen molar-refractivity contribution in [3.05, 3.63) is 0 Å². The van der Waals surface area contributed by atoms with Crippen LogP contribution < -0.4 is 10.6 Å². The minimum atomic E-state index is -1.02. The Morgan fingerprint density at radius 2 is 1.61 bits per heavy atom. The van der Waals surface area contributed by atoms with Crippen molar-refractivity contribution in [1.82, 2.24) is 10.6 Å². The first-order valence-corrected chi connectivity index (χ1v) is 6.34. The standard InChI is InChI=1S/C13H26N2O3/c1-8(2)7-9(3)14-12(18)15-10(11(16)17)13(4,5)6/h8-10H,7H2,1-6H3,(H,16,17)(H2,14,15,18). The first-order chi connectivity index (χ1) is 8.04. The highest BCUT2D eigenvalue weighted by molar-refractivity contribution is 5.83. The molecule has 2 amide bonds. The minimum absolute atomic E-state index is 0.0272. The van der Waals surface area contributed by atoms with Crippen LogP contribution in [0.15, 0.2) is 0 Å². The zero-order valence-corrected chi connectivity index (χ0v) is 12.2. The van der Waals surface area contributed by atoms with Crippen LogP contribution in [-0.4, -0.2) is 29.2 Å². The average Bonchev–Trinajstić information content (AvgIpc) is 2.09. The predicted molar refractivity (Wildman–Crippen MR) is 71.5 cm³/mol. The second-order valence-corrected chi connectivity index (χ2v) is 6.29. The van der Waals surface area contributed by atoms with E-state index in [-0.39, 0.29) is 6.04 Å². The highest BCUT2D eigenvalue weighted by Crippen LogP contribution is 2.19. The number of carbonyl (C=O) groups excluding carboxylic acids is 1. The quantitative estimate of drug-likeness (QED) is 0.707. The topological polar surface area (TPSA) is 78.4 Å². The van der Waals surface area contributed by atoms with Gasteiger partial charge in [-0.1, -0.05) is 34.6 Å². The zero-order chi connectivity index (χ0) is 14.5. The average molecular weight is 258 g/mol.